The fourth-order valence-electron chi connectivity index (χ4n) is 1.67. The maximum absolute atomic E-state index is 5.45. The summed E-state index contributed by atoms with van der Waals surface area (Å²) in [5, 5.41) is 6.07. The lowest BCUT2D eigenvalue weighted by Gasteiger charge is -2.09. The summed E-state index contributed by atoms with van der Waals surface area (Å²) in [6.45, 7) is 3.33. The van der Waals surface area contributed by atoms with Gasteiger partial charge in [0.25, 0.3) is 0 Å². The summed E-state index contributed by atoms with van der Waals surface area (Å²) < 4.78 is 5.45. The van der Waals surface area contributed by atoms with Gasteiger partial charge in [0, 0.05) is 26.0 Å². The molecule has 0 saturated carbocycles. The second-order valence-corrected chi connectivity index (χ2v) is 4.40. The minimum absolute atomic E-state index is 0.333. The monoisotopic (exact) mass is 288 g/mol. The van der Waals surface area contributed by atoms with E-state index in [9.17, 15) is 0 Å². The summed E-state index contributed by atoms with van der Waals surface area (Å²) in [4.78, 5) is 16.7. The van der Waals surface area contributed by atoms with Gasteiger partial charge in [-0.05, 0) is 24.5 Å². The molecule has 2 N–H and O–H groups in total. The zero-order valence-electron chi connectivity index (χ0n) is 12.3. The molecule has 0 atom stereocenters. The molecular formula is C14H20N6O. The zero-order chi connectivity index (χ0) is 14.9. The van der Waals surface area contributed by atoms with Crippen molar-refractivity contribution in [2.45, 2.75) is 19.8 Å². The second kappa shape index (κ2) is 7.98. The van der Waals surface area contributed by atoms with Crippen LogP contribution in [0.3, 0.4) is 0 Å². The van der Waals surface area contributed by atoms with Gasteiger partial charge in [-0.1, -0.05) is 13.0 Å². The van der Waals surface area contributed by atoms with Crippen LogP contribution in [0.15, 0.2) is 24.5 Å². The van der Waals surface area contributed by atoms with Gasteiger partial charge < -0.3 is 15.4 Å². The summed E-state index contributed by atoms with van der Waals surface area (Å²) in [5.41, 5.74) is 1.16. The molecule has 0 aliphatic rings. The van der Waals surface area contributed by atoms with Gasteiger partial charge in [0.1, 0.15) is 0 Å². The molecular weight excluding hydrogens is 268 g/mol. The normalized spacial score (nSPS) is 10.2. The number of hydrogen-bond acceptors (Lipinski definition) is 7. The van der Waals surface area contributed by atoms with E-state index in [-0.39, 0.29) is 0 Å². The quantitative estimate of drug-likeness (QED) is 0.765. The predicted molar refractivity (Wildman–Crippen MR) is 81.6 cm³/mol. The smallest absolute Gasteiger partial charge is 0.323 e. The van der Waals surface area contributed by atoms with Crippen molar-refractivity contribution in [3.8, 4) is 6.01 Å². The highest BCUT2D eigenvalue weighted by molar-refractivity contribution is 5.35. The maximum Gasteiger partial charge on any atom is 0.323 e. The summed E-state index contributed by atoms with van der Waals surface area (Å²) >= 11 is 0. The number of anilines is 2. The number of aromatic nitrogens is 4. The number of nitrogens with zero attached hydrogens (tertiary/aromatic N) is 4. The first-order chi connectivity index (χ1) is 10.3. The van der Waals surface area contributed by atoms with E-state index in [1.165, 1.54) is 0 Å². The average molecular weight is 288 g/mol. The Labute approximate surface area is 124 Å². The molecule has 0 bridgehead atoms. The van der Waals surface area contributed by atoms with Crippen molar-refractivity contribution < 1.29 is 4.74 Å². The molecule has 0 aromatic carbocycles. The van der Waals surface area contributed by atoms with Crippen molar-refractivity contribution >= 4 is 11.9 Å². The van der Waals surface area contributed by atoms with Gasteiger partial charge in [-0.3, -0.25) is 4.98 Å². The van der Waals surface area contributed by atoms with Crippen molar-refractivity contribution in [3.05, 3.63) is 30.1 Å². The van der Waals surface area contributed by atoms with Crippen LogP contribution in [0.1, 0.15) is 18.9 Å². The number of nitrogens with one attached hydrogen (secondary N) is 2. The maximum atomic E-state index is 5.45. The lowest BCUT2D eigenvalue weighted by molar-refractivity contribution is 0.292. The molecule has 0 aliphatic heterocycles. The van der Waals surface area contributed by atoms with Crippen LogP contribution in [0.4, 0.5) is 11.9 Å². The van der Waals surface area contributed by atoms with E-state index in [0.717, 1.165) is 18.4 Å². The van der Waals surface area contributed by atoms with E-state index in [4.69, 9.17) is 4.74 Å². The molecule has 0 saturated heterocycles. The van der Waals surface area contributed by atoms with Gasteiger partial charge in [0.15, 0.2) is 0 Å². The summed E-state index contributed by atoms with van der Waals surface area (Å²) in [7, 11) is 1.76. The van der Waals surface area contributed by atoms with Gasteiger partial charge >= 0.3 is 6.01 Å². The van der Waals surface area contributed by atoms with Gasteiger partial charge in [-0.15, -0.1) is 0 Å². The summed E-state index contributed by atoms with van der Waals surface area (Å²) in [6.07, 6.45) is 5.37. The van der Waals surface area contributed by atoms with Gasteiger partial charge in [-0.25, -0.2) is 0 Å². The molecule has 0 fully saturated rings. The second-order valence-electron chi connectivity index (χ2n) is 4.40. The fraction of sp³-hybridized carbons (Fsp3) is 0.429. The third-order valence-corrected chi connectivity index (χ3v) is 2.69. The first-order valence-corrected chi connectivity index (χ1v) is 7.01. The van der Waals surface area contributed by atoms with E-state index in [1.807, 2.05) is 25.3 Å². The van der Waals surface area contributed by atoms with E-state index in [0.29, 0.717) is 31.1 Å². The third kappa shape index (κ3) is 4.87. The van der Waals surface area contributed by atoms with E-state index >= 15 is 0 Å². The molecule has 0 aliphatic carbocycles. The Hall–Kier alpha value is -2.44. The minimum Gasteiger partial charge on any atom is -0.463 e. The molecule has 0 unspecified atom stereocenters. The van der Waals surface area contributed by atoms with Crippen LogP contribution in [0.2, 0.25) is 0 Å². The Bertz CT molecular complexity index is 548. The minimum atomic E-state index is 0.333. The standard InChI is InChI=1S/C14H20N6O/c1-3-9-21-14-19-12(15-2)18-13(20-14)17-8-6-11-5-4-7-16-10-11/h4-5,7,10H,3,6,8-9H2,1-2H3,(H2,15,17,18,19,20). The van der Waals surface area contributed by atoms with Crippen LogP contribution >= 0.6 is 0 Å². The van der Waals surface area contributed by atoms with E-state index in [1.54, 1.807) is 13.2 Å². The average Bonchev–Trinajstić information content (AvgIpc) is 2.53. The van der Waals surface area contributed by atoms with Crippen LogP contribution in [0.25, 0.3) is 0 Å². The first kappa shape index (κ1) is 15.0. The Kier molecular flexibility index (Phi) is 5.69. The molecule has 0 spiro atoms. The van der Waals surface area contributed by atoms with E-state index < -0.39 is 0 Å². The topological polar surface area (TPSA) is 84.9 Å². The molecule has 2 aromatic rings. The lowest BCUT2D eigenvalue weighted by atomic mass is 10.2. The van der Waals surface area contributed by atoms with Crippen molar-refractivity contribution in [3.63, 3.8) is 0 Å². The van der Waals surface area contributed by atoms with Gasteiger partial charge in [0.05, 0.1) is 6.61 Å². The molecule has 2 aromatic heterocycles. The van der Waals surface area contributed by atoms with Gasteiger partial charge in [-0.2, -0.15) is 15.0 Å². The van der Waals surface area contributed by atoms with Crippen LogP contribution in [0.5, 0.6) is 6.01 Å². The first-order valence-electron chi connectivity index (χ1n) is 7.01. The Morgan fingerprint density at radius 2 is 2.05 bits per heavy atom. The number of hydrogen-bond donors (Lipinski definition) is 2. The van der Waals surface area contributed by atoms with Crippen molar-refractivity contribution in [2.75, 3.05) is 30.8 Å². The molecule has 0 amide bonds. The van der Waals surface area contributed by atoms with Crippen molar-refractivity contribution in [1.29, 1.82) is 0 Å². The zero-order valence-corrected chi connectivity index (χ0v) is 12.3. The molecule has 2 heterocycles. The van der Waals surface area contributed by atoms with Crippen LogP contribution in [-0.4, -0.2) is 40.1 Å². The number of ether oxygens (including phenoxy) is 1. The summed E-state index contributed by atoms with van der Waals surface area (Å²) in [5.74, 6) is 0.990. The van der Waals surface area contributed by atoms with E-state index in [2.05, 4.69) is 30.6 Å². The molecule has 2 rings (SSSR count). The Balaban J connectivity index is 1.95. The molecule has 21 heavy (non-hydrogen) atoms. The highest BCUT2D eigenvalue weighted by atomic mass is 16.5. The highest BCUT2D eigenvalue weighted by Crippen LogP contribution is 2.11. The predicted octanol–water partition coefficient (Wildman–Crippen LogP) is 1.75. The fourth-order valence-corrected chi connectivity index (χ4v) is 1.67. The highest BCUT2D eigenvalue weighted by Gasteiger charge is 2.06. The van der Waals surface area contributed by atoms with Crippen molar-refractivity contribution in [1.82, 2.24) is 19.9 Å². The Morgan fingerprint density at radius 3 is 2.76 bits per heavy atom. The molecule has 0 radical (unpaired) electrons. The van der Waals surface area contributed by atoms with Crippen LogP contribution in [0, 0.1) is 0 Å². The third-order valence-electron chi connectivity index (χ3n) is 2.69. The molecule has 7 heteroatoms. The summed E-state index contributed by atoms with van der Waals surface area (Å²) in [6, 6.07) is 4.30. The van der Waals surface area contributed by atoms with Gasteiger partial charge in [0.2, 0.25) is 11.9 Å². The Morgan fingerprint density at radius 1 is 1.19 bits per heavy atom. The van der Waals surface area contributed by atoms with Crippen molar-refractivity contribution in [2.24, 2.45) is 0 Å². The number of pyridine rings is 1. The number of rotatable bonds is 8. The van der Waals surface area contributed by atoms with Crippen LogP contribution < -0.4 is 15.4 Å². The SMILES string of the molecule is CCCOc1nc(NC)nc(NCCc2cccnc2)n1. The lowest BCUT2D eigenvalue weighted by Crippen LogP contribution is -2.12. The largest absolute Gasteiger partial charge is 0.463 e. The molecule has 112 valence electrons. The van der Waals surface area contributed by atoms with Crippen LogP contribution in [-0.2, 0) is 6.42 Å². The molecule has 7 nitrogen and oxygen atoms in total.